The lowest BCUT2D eigenvalue weighted by molar-refractivity contribution is -0.153. The average molecular weight is 367 g/mol. The summed E-state index contributed by atoms with van der Waals surface area (Å²) >= 11 is 5.90. The van der Waals surface area contributed by atoms with Crippen LogP contribution in [0.4, 0.5) is 13.2 Å². The molecule has 0 saturated heterocycles. The lowest BCUT2D eigenvalue weighted by Gasteiger charge is -2.09. The highest BCUT2D eigenvalue weighted by Crippen LogP contribution is 2.28. The Morgan fingerprint density at radius 2 is 1.60 bits per heavy atom. The first kappa shape index (κ1) is 17.4. The van der Waals surface area contributed by atoms with Crippen molar-refractivity contribution < 1.29 is 17.9 Å². The fourth-order valence-electron chi connectivity index (χ4n) is 2.37. The molecule has 2 aromatic carbocycles. The van der Waals surface area contributed by atoms with Gasteiger partial charge in [0.05, 0.1) is 11.4 Å². The zero-order valence-corrected chi connectivity index (χ0v) is 13.9. The third-order valence-corrected chi connectivity index (χ3v) is 3.80. The number of nitrogens with zero attached hydrogens (tertiary/aromatic N) is 1. The van der Waals surface area contributed by atoms with Gasteiger partial charge in [-0.15, -0.1) is 0 Å². The topological polar surface area (TPSA) is 37.9 Å². The van der Waals surface area contributed by atoms with E-state index in [-0.39, 0.29) is 5.75 Å². The van der Waals surface area contributed by atoms with Crippen molar-refractivity contribution in [2.24, 2.45) is 0 Å². The molecule has 0 spiro atoms. The van der Waals surface area contributed by atoms with E-state index in [2.05, 4.69) is 9.97 Å². The van der Waals surface area contributed by atoms with Gasteiger partial charge in [0, 0.05) is 10.6 Å². The van der Waals surface area contributed by atoms with Crippen molar-refractivity contribution >= 4 is 11.6 Å². The standard InChI is InChI=1S/C18H14ClF3N2O/c1-11-16(12-2-6-14(19)7-3-12)24-17(23-11)13-4-8-15(9-5-13)25-10-18(20,21)22/h2-9H,10H2,1H3,(H,23,24). The van der Waals surface area contributed by atoms with Crippen molar-refractivity contribution in [2.75, 3.05) is 6.61 Å². The normalized spacial score (nSPS) is 11.6. The smallest absolute Gasteiger partial charge is 0.422 e. The molecule has 25 heavy (non-hydrogen) atoms. The third kappa shape index (κ3) is 4.33. The molecule has 0 fully saturated rings. The Kier molecular flexibility index (Phi) is 4.72. The van der Waals surface area contributed by atoms with Crippen LogP contribution in [0, 0.1) is 6.92 Å². The van der Waals surface area contributed by atoms with Gasteiger partial charge in [-0.1, -0.05) is 23.7 Å². The third-order valence-electron chi connectivity index (χ3n) is 3.55. The monoisotopic (exact) mass is 366 g/mol. The lowest BCUT2D eigenvalue weighted by Crippen LogP contribution is -2.19. The quantitative estimate of drug-likeness (QED) is 0.648. The number of hydrogen-bond donors (Lipinski definition) is 1. The number of ether oxygens (including phenoxy) is 1. The molecule has 0 radical (unpaired) electrons. The Morgan fingerprint density at radius 3 is 2.20 bits per heavy atom. The molecule has 0 aliphatic carbocycles. The molecule has 0 atom stereocenters. The minimum Gasteiger partial charge on any atom is -0.484 e. The van der Waals surface area contributed by atoms with Crippen molar-refractivity contribution in [3.63, 3.8) is 0 Å². The second-order valence-electron chi connectivity index (χ2n) is 5.48. The summed E-state index contributed by atoms with van der Waals surface area (Å²) in [5, 5.41) is 0.649. The fraction of sp³-hybridized carbons (Fsp3) is 0.167. The summed E-state index contributed by atoms with van der Waals surface area (Å²) in [6.07, 6.45) is -4.36. The van der Waals surface area contributed by atoms with Crippen molar-refractivity contribution in [3.05, 3.63) is 59.2 Å². The van der Waals surface area contributed by atoms with Crippen molar-refractivity contribution in [2.45, 2.75) is 13.1 Å². The molecular weight excluding hydrogens is 353 g/mol. The Hall–Kier alpha value is -2.47. The Labute approximate surface area is 147 Å². The summed E-state index contributed by atoms with van der Waals surface area (Å²) in [7, 11) is 0. The van der Waals surface area contributed by atoms with E-state index in [0.29, 0.717) is 10.8 Å². The van der Waals surface area contributed by atoms with Gasteiger partial charge < -0.3 is 9.72 Å². The van der Waals surface area contributed by atoms with E-state index in [4.69, 9.17) is 16.3 Å². The Balaban J connectivity index is 1.80. The Bertz CT molecular complexity index is 856. The molecule has 1 heterocycles. The van der Waals surface area contributed by atoms with Crippen LogP contribution in [-0.2, 0) is 0 Å². The van der Waals surface area contributed by atoms with Gasteiger partial charge in [-0.25, -0.2) is 4.98 Å². The molecule has 0 saturated carbocycles. The fourth-order valence-corrected chi connectivity index (χ4v) is 2.49. The molecule has 130 valence electrons. The van der Waals surface area contributed by atoms with Crippen molar-refractivity contribution in [3.8, 4) is 28.4 Å². The number of aromatic nitrogens is 2. The van der Waals surface area contributed by atoms with Gasteiger partial charge in [0.25, 0.3) is 0 Å². The summed E-state index contributed by atoms with van der Waals surface area (Å²) in [5.41, 5.74) is 3.38. The number of alkyl halides is 3. The first-order valence-electron chi connectivity index (χ1n) is 7.44. The molecule has 1 N–H and O–H groups in total. The number of imidazole rings is 1. The molecule has 3 aromatic rings. The zero-order valence-electron chi connectivity index (χ0n) is 13.2. The van der Waals surface area contributed by atoms with E-state index >= 15 is 0 Å². The lowest BCUT2D eigenvalue weighted by atomic mass is 10.1. The van der Waals surface area contributed by atoms with E-state index in [1.54, 1.807) is 24.3 Å². The predicted molar refractivity (Wildman–Crippen MR) is 90.8 cm³/mol. The molecule has 3 nitrogen and oxygen atoms in total. The molecule has 0 aliphatic heterocycles. The number of nitrogens with one attached hydrogen (secondary N) is 1. The van der Waals surface area contributed by atoms with Gasteiger partial charge >= 0.3 is 6.18 Å². The second kappa shape index (κ2) is 6.80. The van der Waals surface area contributed by atoms with Crippen LogP contribution in [0.3, 0.4) is 0 Å². The van der Waals surface area contributed by atoms with Gasteiger partial charge in [-0.3, -0.25) is 0 Å². The molecule has 0 amide bonds. The predicted octanol–water partition coefficient (Wildman–Crippen LogP) is 5.65. The number of aryl methyl sites for hydroxylation is 1. The van der Waals surface area contributed by atoms with Crippen LogP contribution in [0.5, 0.6) is 5.75 Å². The molecule has 0 aliphatic rings. The molecular formula is C18H14ClF3N2O. The van der Waals surface area contributed by atoms with E-state index in [1.165, 1.54) is 12.1 Å². The molecule has 0 bridgehead atoms. The number of H-pyrrole nitrogens is 1. The maximum Gasteiger partial charge on any atom is 0.422 e. The highest BCUT2D eigenvalue weighted by molar-refractivity contribution is 6.30. The minimum absolute atomic E-state index is 0.155. The first-order valence-corrected chi connectivity index (χ1v) is 7.82. The second-order valence-corrected chi connectivity index (χ2v) is 5.92. The largest absolute Gasteiger partial charge is 0.484 e. The van der Waals surface area contributed by atoms with E-state index in [0.717, 1.165) is 22.5 Å². The van der Waals surface area contributed by atoms with E-state index in [1.807, 2.05) is 19.1 Å². The van der Waals surface area contributed by atoms with Gasteiger partial charge in [0.2, 0.25) is 0 Å². The van der Waals surface area contributed by atoms with Gasteiger partial charge in [-0.05, 0) is 48.9 Å². The van der Waals surface area contributed by atoms with Crippen LogP contribution >= 0.6 is 11.6 Å². The van der Waals surface area contributed by atoms with Crippen molar-refractivity contribution in [1.29, 1.82) is 0 Å². The highest BCUT2D eigenvalue weighted by atomic mass is 35.5. The summed E-state index contributed by atoms with van der Waals surface area (Å²) < 4.78 is 41.2. The number of benzene rings is 2. The summed E-state index contributed by atoms with van der Waals surface area (Å²) in [6.45, 7) is 0.567. The van der Waals surface area contributed by atoms with Crippen LogP contribution < -0.4 is 4.74 Å². The Morgan fingerprint density at radius 1 is 1.00 bits per heavy atom. The summed E-state index contributed by atoms with van der Waals surface area (Å²) in [5.74, 6) is 0.784. The average Bonchev–Trinajstić information content (AvgIpc) is 2.95. The van der Waals surface area contributed by atoms with E-state index in [9.17, 15) is 13.2 Å². The number of aromatic amines is 1. The molecule has 7 heteroatoms. The van der Waals surface area contributed by atoms with Gasteiger partial charge in [-0.2, -0.15) is 13.2 Å². The van der Waals surface area contributed by atoms with E-state index < -0.39 is 12.8 Å². The van der Waals surface area contributed by atoms with Gasteiger partial charge in [0.1, 0.15) is 11.6 Å². The zero-order chi connectivity index (χ0) is 18.0. The maximum atomic E-state index is 12.2. The van der Waals surface area contributed by atoms with Crippen LogP contribution in [0.15, 0.2) is 48.5 Å². The number of rotatable bonds is 4. The SMILES string of the molecule is Cc1nc(-c2ccc(OCC(F)(F)F)cc2)[nH]c1-c1ccc(Cl)cc1. The molecule has 0 unspecified atom stereocenters. The summed E-state index contributed by atoms with van der Waals surface area (Å²) in [6, 6.07) is 13.7. The number of hydrogen-bond acceptors (Lipinski definition) is 2. The number of halogens is 4. The van der Waals surface area contributed by atoms with Gasteiger partial charge in [0.15, 0.2) is 6.61 Å². The molecule has 3 rings (SSSR count). The highest BCUT2D eigenvalue weighted by Gasteiger charge is 2.28. The van der Waals surface area contributed by atoms with Crippen LogP contribution in [0.1, 0.15) is 5.69 Å². The van der Waals surface area contributed by atoms with Crippen LogP contribution in [0.2, 0.25) is 5.02 Å². The van der Waals surface area contributed by atoms with Crippen molar-refractivity contribution in [1.82, 2.24) is 9.97 Å². The molecule has 1 aromatic heterocycles. The maximum absolute atomic E-state index is 12.2. The minimum atomic E-state index is -4.36. The summed E-state index contributed by atoms with van der Waals surface area (Å²) in [4.78, 5) is 7.72. The first-order chi connectivity index (χ1) is 11.8. The van der Waals surface area contributed by atoms with Crippen LogP contribution in [0.25, 0.3) is 22.6 Å². The van der Waals surface area contributed by atoms with Crippen LogP contribution in [-0.4, -0.2) is 22.8 Å².